The summed E-state index contributed by atoms with van der Waals surface area (Å²) in [5.41, 5.74) is 6.33. The van der Waals surface area contributed by atoms with Gasteiger partial charge in [0.1, 0.15) is 21.6 Å². The minimum Gasteiger partial charge on any atom is -0.461 e. The zero-order chi connectivity index (χ0) is 23.4. The van der Waals surface area contributed by atoms with Gasteiger partial charge in [0.25, 0.3) is 0 Å². The van der Waals surface area contributed by atoms with Crippen LogP contribution in [-0.2, 0) is 9.63 Å². The maximum absolute atomic E-state index is 13.7. The fourth-order valence-corrected chi connectivity index (χ4v) is 2.98. The largest absolute Gasteiger partial charge is 0.461 e. The second-order valence-electron chi connectivity index (χ2n) is 6.38. The first-order valence-corrected chi connectivity index (χ1v) is 10.1. The van der Waals surface area contributed by atoms with Crippen molar-refractivity contribution in [2.45, 2.75) is 13.0 Å². The molecule has 11 heteroatoms. The molecule has 0 fully saturated rings. The Bertz CT molecular complexity index is 1190. The SMILES string of the molecule is C[C@@H](Oc1nc(F)c(Cl)c(N)c1Cl)C(=O)O/N=C(/c1ccc(Cl)cc1)c1cccc(F)c1. The molecule has 2 N–H and O–H groups in total. The highest BCUT2D eigenvalue weighted by molar-refractivity contribution is 6.39. The molecule has 0 aliphatic rings. The number of benzene rings is 2. The van der Waals surface area contributed by atoms with E-state index >= 15 is 0 Å². The molecule has 1 heterocycles. The molecular weight excluding hydrogens is 487 g/mol. The predicted octanol–water partition coefficient (Wildman–Crippen LogP) is 5.67. The third kappa shape index (κ3) is 5.45. The van der Waals surface area contributed by atoms with E-state index in [1.165, 1.54) is 25.1 Å². The molecule has 0 saturated carbocycles. The fourth-order valence-electron chi connectivity index (χ4n) is 2.48. The lowest BCUT2D eigenvalue weighted by molar-refractivity contribution is -0.151. The van der Waals surface area contributed by atoms with Crippen LogP contribution in [0.2, 0.25) is 15.1 Å². The number of nitrogens with zero attached hydrogens (tertiary/aromatic N) is 2. The summed E-state index contributed by atoms with van der Waals surface area (Å²) in [6, 6.07) is 12.0. The standard InChI is InChI=1S/C21H14Cl3F2N3O3/c1-10(31-20-16(24)17(27)15(23)19(26)28-20)21(30)32-29-18(11-5-7-13(22)8-6-11)12-3-2-4-14(25)9-12/h2-10H,1H3,(H2,27,28)/b29-18-/t10-/m1/s1. The summed E-state index contributed by atoms with van der Waals surface area (Å²) in [6.45, 7) is 1.31. The average molecular weight is 501 g/mol. The van der Waals surface area contributed by atoms with Crippen LogP contribution >= 0.6 is 34.8 Å². The maximum Gasteiger partial charge on any atom is 0.374 e. The summed E-state index contributed by atoms with van der Waals surface area (Å²) < 4.78 is 32.7. The Balaban J connectivity index is 1.85. The van der Waals surface area contributed by atoms with Crippen LogP contribution in [0.25, 0.3) is 0 Å². The number of pyridine rings is 1. The fraction of sp³-hybridized carbons (Fsp3) is 0.0952. The van der Waals surface area contributed by atoms with Gasteiger partial charge in [-0.3, -0.25) is 0 Å². The van der Waals surface area contributed by atoms with Crippen LogP contribution < -0.4 is 10.5 Å². The summed E-state index contributed by atoms with van der Waals surface area (Å²) in [5.74, 6) is -3.02. The molecule has 0 aliphatic carbocycles. The number of oxime groups is 1. The highest BCUT2D eigenvalue weighted by Gasteiger charge is 2.23. The van der Waals surface area contributed by atoms with Crippen molar-refractivity contribution in [1.29, 1.82) is 0 Å². The van der Waals surface area contributed by atoms with Gasteiger partial charge in [-0.1, -0.05) is 64.2 Å². The van der Waals surface area contributed by atoms with Crippen LogP contribution in [-0.4, -0.2) is 22.8 Å². The third-order valence-corrected chi connectivity index (χ3v) is 5.08. The second-order valence-corrected chi connectivity index (χ2v) is 7.57. The van der Waals surface area contributed by atoms with E-state index in [9.17, 15) is 13.6 Å². The molecule has 3 aromatic rings. The number of nitrogens with two attached hydrogens (primary N) is 1. The molecule has 1 aromatic heterocycles. The van der Waals surface area contributed by atoms with Crippen molar-refractivity contribution in [3.05, 3.63) is 86.5 Å². The van der Waals surface area contributed by atoms with Gasteiger partial charge in [-0.05, 0) is 31.2 Å². The molecule has 166 valence electrons. The van der Waals surface area contributed by atoms with Crippen LogP contribution in [0.5, 0.6) is 5.88 Å². The van der Waals surface area contributed by atoms with Crippen LogP contribution in [0.1, 0.15) is 18.1 Å². The first-order chi connectivity index (χ1) is 15.2. The molecule has 0 aliphatic heterocycles. The van der Waals surface area contributed by atoms with Crippen molar-refractivity contribution >= 4 is 52.2 Å². The Morgan fingerprint density at radius 2 is 1.75 bits per heavy atom. The number of halogens is 5. The topological polar surface area (TPSA) is 86.8 Å². The molecule has 0 unspecified atom stereocenters. The van der Waals surface area contributed by atoms with E-state index in [1.807, 2.05) is 0 Å². The highest BCUT2D eigenvalue weighted by atomic mass is 35.5. The lowest BCUT2D eigenvalue weighted by atomic mass is 10.0. The van der Waals surface area contributed by atoms with Gasteiger partial charge >= 0.3 is 5.97 Å². The molecule has 32 heavy (non-hydrogen) atoms. The number of anilines is 1. The number of rotatable bonds is 6. The normalized spacial score (nSPS) is 12.4. The number of nitrogen functional groups attached to an aromatic ring is 1. The molecular formula is C21H14Cl3F2N3O3. The number of hydrogen-bond acceptors (Lipinski definition) is 6. The molecule has 2 aromatic carbocycles. The van der Waals surface area contributed by atoms with E-state index in [0.29, 0.717) is 16.1 Å². The van der Waals surface area contributed by atoms with E-state index in [1.54, 1.807) is 30.3 Å². The van der Waals surface area contributed by atoms with Gasteiger partial charge in [-0.25, -0.2) is 9.18 Å². The van der Waals surface area contributed by atoms with Crippen molar-refractivity contribution < 1.29 is 23.1 Å². The summed E-state index contributed by atoms with van der Waals surface area (Å²) in [5, 5.41) is 3.62. The van der Waals surface area contributed by atoms with E-state index in [4.69, 9.17) is 50.1 Å². The van der Waals surface area contributed by atoms with Crippen LogP contribution in [0.4, 0.5) is 14.5 Å². The summed E-state index contributed by atoms with van der Waals surface area (Å²) in [7, 11) is 0. The van der Waals surface area contributed by atoms with Crippen LogP contribution in [0.15, 0.2) is 53.7 Å². The Morgan fingerprint density at radius 3 is 2.41 bits per heavy atom. The van der Waals surface area contributed by atoms with E-state index in [2.05, 4.69) is 10.1 Å². The number of carbonyl (C=O) groups excluding carboxylic acids is 1. The molecule has 0 radical (unpaired) electrons. The zero-order valence-corrected chi connectivity index (χ0v) is 18.6. The molecule has 6 nitrogen and oxygen atoms in total. The van der Waals surface area contributed by atoms with Crippen molar-refractivity contribution in [3.8, 4) is 5.88 Å². The molecule has 0 amide bonds. The first kappa shape index (κ1) is 23.7. The van der Waals surface area contributed by atoms with Gasteiger partial charge in [-0.2, -0.15) is 9.37 Å². The number of hydrogen-bond donors (Lipinski definition) is 1. The van der Waals surface area contributed by atoms with Gasteiger partial charge < -0.3 is 15.3 Å². The zero-order valence-electron chi connectivity index (χ0n) is 16.3. The van der Waals surface area contributed by atoms with E-state index in [0.717, 1.165) is 0 Å². The van der Waals surface area contributed by atoms with Crippen LogP contribution in [0, 0.1) is 11.8 Å². The van der Waals surface area contributed by atoms with Crippen molar-refractivity contribution in [2.24, 2.45) is 5.16 Å². The quantitative estimate of drug-likeness (QED) is 0.204. The van der Waals surface area contributed by atoms with Crippen molar-refractivity contribution in [1.82, 2.24) is 4.98 Å². The Labute approximate surface area is 196 Å². The van der Waals surface area contributed by atoms with Crippen molar-refractivity contribution in [3.63, 3.8) is 0 Å². The molecule has 3 rings (SSSR count). The molecule has 0 spiro atoms. The van der Waals surface area contributed by atoms with Gasteiger partial charge in [0.05, 0.1) is 5.69 Å². The lowest BCUT2D eigenvalue weighted by Crippen LogP contribution is -2.26. The second kappa shape index (κ2) is 10.1. The van der Waals surface area contributed by atoms with Crippen LogP contribution in [0.3, 0.4) is 0 Å². The smallest absolute Gasteiger partial charge is 0.374 e. The van der Waals surface area contributed by atoms with Gasteiger partial charge in [0, 0.05) is 16.1 Å². The Kier molecular flexibility index (Phi) is 7.50. The molecule has 1 atom stereocenters. The average Bonchev–Trinajstić information content (AvgIpc) is 2.77. The summed E-state index contributed by atoms with van der Waals surface area (Å²) in [4.78, 5) is 20.8. The minimum absolute atomic E-state index is 0.166. The number of ether oxygens (including phenoxy) is 1. The summed E-state index contributed by atoms with van der Waals surface area (Å²) in [6.07, 6.45) is -1.30. The number of carbonyl (C=O) groups is 1. The van der Waals surface area contributed by atoms with Gasteiger partial charge in [-0.15, -0.1) is 0 Å². The molecule has 0 bridgehead atoms. The van der Waals surface area contributed by atoms with E-state index in [-0.39, 0.29) is 16.4 Å². The lowest BCUT2D eigenvalue weighted by Gasteiger charge is -2.14. The van der Waals surface area contributed by atoms with Gasteiger partial charge in [0.2, 0.25) is 11.8 Å². The third-order valence-electron chi connectivity index (χ3n) is 4.10. The summed E-state index contributed by atoms with van der Waals surface area (Å²) >= 11 is 17.5. The maximum atomic E-state index is 13.7. The minimum atomic E-state index is -1.30. The Hall–Kier alpha value is -2.94. The highest BCUT2D eigenvalue weighted by Crippen LogP contribution is 2.35. The van der Waals surface area contributed by atoms with Crippen molar-refractivity contribution in [2.75, 3.05) is 5.73 Å². The Morgan fingerprint density at radius 1 is 1.06 bits per heavy atom. The molecule has 0 saturated heterocycles. The van der Waals surface area contributed by atoms with Gasteiger partial charge in [0.15, 0.2) is 6.10 Å². The monoisotopic (exact) mass is 499 g/mol. The van der Waals surface area contributed by atoms with E-state index < -0.39 is 34.7 Å². The first-order valence-electron chi connectivity index (χ1n) is 8.94. The number of aromatic nitrogens is 1. The predicted molar refractivity (Wildman–Crippen MR) is 118 cm³/mol.